The van der Waals surface area contributed by atoms with Crippen LogP contribution >= 0.6 is 27.5 Å². The van der Waals surface area contributed by atoms with E-state index in [1.54, 1.807) is 0 Å². The van der Waals surface area contributed by atoms with Crippen LogP contribution in [0.15, 0.2) is 28.7 Å². The second-order valence-corrected chi connectivity index (χ2v) is 6.32. The molecule has 1 atom stereocenters. The van der Waals surface area contributed by atoms with E-state index in [-0.39, 0.29) is 6.10 Å². The van der Waals surface area contributed by atoms with Gasteiger partial charge >= 0.3 is 0 Å². The third-order valence-electron chi connectivity index (χ3n) is 3.72. The van der Waals surface area contributed by atoms with Gasteiger partial charge in [0.05, 0.1) is 11.8 Å². The van der Waals surface area contributed by atoms with E-state index in [2.05, 4.69) is 33.5 Å². The van der Waals surface area contributed by atoms with E-state index in [1.807, 2.05) is 18.2 Å². The summed E-state index contributed by atoms with van der Waals surface area (Å²) in [6, 6.07) is 7.91. The second kappa shape index (κ2) is 4.97. The van der Waals surface area contributed by atoms with Crippen molar-refractivity contribution in [2.45, 2.75) is 32.3 Å². The summed E-state index contributed by atoms with van der Waals surface area (Å²) in [5, 5.41) is 10.8. The van der Waals surface area contributed by atoms with Crippen LogP contribution in [-0.2, 0) is 6.42 Å². The lowest BCUT2D eigenvalue weighted by molar-refractivity contribution is 0.156. The molecule has 2 nitrogen and oxygen atoms in total. The molecule has 19 heavy (non-hydrogen) atoms. The lowest BCUT2D eigenvalue weighted by Gasteiger charge is -2.21. The molecule has 1 unspecified atom stereocenters. The van der Waals surface area contributed by atoms with E-state index in [0.29, 0.717) is 5.02 Å². The van der Waals surface area contributed by atoms with Gasteiger partial charge in [0.25, 0.3) is 0 Å². The van der Waals surface area contributed by atoms with E-state index in [0.717, 1.165) is 40.7 Å². The van der Waals surface area contributed by atoms with Gasteiger partial charge in [-0.2, -0.15) is 0 Å². The van der Waals surface area contributed by atoms with Gasteiger partial charge in [0, 0.05) is 26.4 Å². The number of aliphatic hydroxyl groups excluding tert-OH is 1. The zero-order valence-corrected chi connectivity index (χ0v) is 13.0. The van der Waals surface area contributed by atoms with Crippen LogP contribution in [0.25, 0.3) is 5.69 Å². The number of aryl methyl sites for hydroxylation is 1. The van der Waals surface area contributed by atoms with E-state index in [4.69, 9.17) is 11.6 Å². The van der Waals surface area contributed by atoms with Gasteiger partial charge in [0.2, 0.25) is 0 Å². The average Bonchev–Trinajstić information content (AvgIpc) is 2.68. The molecule has 4 heteroatoms. The number of nitrogens with zero attached hydrogens (tertiary/aromatic N) is 1. The fraction of sp³-hybridized carbons (Fsp3) is 0.333. The maximum Gasteiger partial charge on any atom is 0.0807 e. The van der Waals surface area contributed by atoms with Crippen LogP contribution in [0, 0.1) is 6.92 Å². The summed E-state index contributed by atoms with van der Waals surface area (Å²) in [6.45, 7) is 2.08. The van der Waals surface area contributed by atoms with E-state index < -0.39 is 0 Å². The van der Waals surface area contributed by atoms with Crippen LogP contribution in [-0.4, -0.2) is 9.67 Å². The fourth-order valence-electron chi connectivity index (χ4n) is 2.88. The number of rotatable bonds is 1. The Bertz CT molecular complexity index is 635. The second-order valence-electron chi connectivity index (χ2n) is 5.03. The standard InChI is InChI=1S/C15H15BrClNO/c1-9-7-11-13(3-2-4-15(11)19)18(9)14-6-5-10(17)8-12(14)16/h5-8,15,19H,2-4H2,1H3. The molecule has 100 valence electrons. The first-order valence-electron chi connectivity index (χ1n) is 6.42. The first kappa shape index (κ1) is 13.2. The van der Waals surface area contributed by atoms with E-state index >= 15 is 0 Å². The maximum absolute atomic E-state index is 10.1. The summed E-state index contributed by atoms with van der Waals surface area (Å²) < 4.78 is 3.19. The first-order chi connectivity index (χ1) is 9.08. The molecule has 0 fully saturated rings. The molecule has 1 aromatic heterocycles. The molecule has 1 aliphatic rings. The fourth-order valence-corrected chi connectivity index (χ4v) is 3.74. The third-order valence-corrected chi connectivity index (χ3v) is 4.59. The summed E-state index contributed by atoms with van der Waals surface area (Å²) in [4.78, 5) is 0. The number of halogens is 2. The largest absolute Gasteiger partial charge is 0.388 e. The van der Waals surface area contributed by atoms with Crippen LogP contribution in [0.1, 0.15) is 35.9 Å². The van der Waals surface area contributed by atoms with Crippen LogP contribution in [0.2, 0.25) is 5.02 Å². The highest BCUT2D eigenvalue weighted by Gasteiger charge is 2.24. The number of benzene rings is 1. The zero-order chi connectivity index (χ0) is 13.6. The van der Waals surface area contributed by atoms with Gasteiger partial charge in [-0.05, 0) is 66.4 Å². The molecule has 0 spiro atoms. The molecule has 0 saturated carbocycles. The molecule has 0 aliphatic heterocycles. The summed E-state index contributed by atoms with van der Waals surface area (Å²) in [5.41, 5.74) is 4.52. The van der Waals surface area contributed by atoms with Crippen molar-refractivity contribution in [1.29, 1.82) is 0 Å². The minimum absolute atomic E-state index is 0.324. The molecular formula is C15H15BrClNO. The Balaban J connectivity index is 2.20. The van der Waals surface area contributed by atoms with Crippen molar-refractivity contribution in [3.05, 3.63) is 50.7 Å². The Kier molecular flexibility index (Phi) is 3.46. The topological polar surface area (TPSA) is 25.2 Å². The molecule has 2 aromatic rings. The highest BCUT2D eigenvalue weighted by Crippen LogP contribution is 2.36. The summed E-state index contributed by atoms with van der Waals surface area (Å²) in [5.74, 6) is 0. The van der Waals surface area contributed by atoms with Crippen LogP contribution < -0.4 is 0 Å². The Morgan fingerprint density at radius 3 is 2.89 bits per heavy atom. The molecular weight excluding hydrogens is 326 g/mol. The quantitative estimate of drug-likeness (QED) is 0.808. The maximum atomic E-state index is 10.1. The summed E-state index contributed by atoms with van der Waals surface area (Å²) in [6.07, 6.45) is 2.57. The molecule has 0 radical (unpaired) electrons. The van der Waals surface area contributed by atoms with Crippen LogP contribution in [0.3, 0.4) is 0 Å². The number of aromatic nitrogens is 1. The molecule has 1 aromatic carbocycles. The van der Waals surface area contributed by atoms with E-state index in [1.165, 1.54) is 5.69 Å². The van der Waals surface area contributed by atoms with Gasteiger partial charge in [-0.3, -0.25) is 0 Å². The van der Waals surface area contributed by atoms with Gasteiger partial charge in [-0.25, -0.2) is 0 Å². The van der Waals surface area contributed by atoms with Gasteiger partial charge in [-0.15, -0.1) is 0 Å². The molecule has 1 heterocycles. The highest BCUT2D eigenvalue weighted by atomic mass is 79.9. The molecule has 0 amide bonds. The van der Waals surface area contributed by atoms with Crippen molar-refractivity contribution in [2.75, 3.05) is 0 Å². The first-order valence-corrected chi connectivity index (χ1v) is 7.59. The van der Waals surface area contributed by atoms with Crippen LogP contribution in [0.4, 0.5) is 0 Å². The van der Waals surface area contributed by atoms with Crippen molar-refractivity contribution in [3.63, 3.8) is 0 Å². The van der Waals surface area contributed by atoms with E-state index in [9.17, 15) is 5.11 Å². The van der Waals surface area contributed by atoms with Gasteiger partial charge in [-0.1, -0.05) is 11.6 Å². The van der Waals surface area contributed by atoms with Crippen molar-refractivity contribution in [2.24, 2.45) is 0 Å². The Hall–Kier alpha value is -0.770. The van der Waals surface area contributed by atoms with Crippen LogP contribution in [0.5, 0.6) is 0 Å². The molecule has 0 bridgehead atoms. The molecule has 0 saturated heterocycles. The Labute approximate surface area is 126 Å². The minimum atomic E-state index is -0.324. The number of hydrogen-bond donors (Lipinski definition) is 1. The summed E-state index contributed by atoms with van der Waals surface area (Å²) >= 11 is 9.58. The third kappa shape index (κ3) is 2.24. The number of aliphatic hydroxyl groups is 1. The SMILES string of the molecule is Cc1cc2c(n1-c1ccc(Cl)cc1Br)CCCC2O. The Morgan fingerprint density at radius 2 is 2.16 bits per heavy atom. The molecule has 1 aliphatic carbocycles. The monoisotopic (exact) mass is 339 g/mol. The molecule has 1 N–H and O–H groups in total. The van der Waals surface area contributed by atoms with Crippen molar-refractivity contribution in [1.82, 2.24) is 4.57 Å². The normalized spacial score (nSPS) is 18.4. The summed E-state index contributed by atoms with van der Waals surface area (Å²) in [7, 11) is 0. The number of fused-ring (bicyclic) bond motifs is 1. The average molecular weight is 341 g/mol. The van der Waals surface area contributed by atoms with Crippen molar-refractivity contribution in [3.8, 4) is 5.69 Å². The predicted octanol–water partition coefficient (Wildman–Crippen LogP) is 4.57. The lowest BCUT2D eigenvalue weighted by atomic mass is 9.95. The highest BCUT2D eigenvalue weighted by molar-refractivity contribution is 9.10. The molecule has 3 rings (SSSR count). The van der Waals surface area contributed by atoms with Gasteiger partial charge in [0.15, 0.2) is 0 Å². The lowest BCUT2D eigenvalue weighted by Crippen LogP contribution is -2.11. The zero-order valence-electron chi connectivity index (χ0n) is 10.7. The van der Waals surface area contributed by atoms with Crippen molar-refractivity contribution < 1.29 is 5.11 Å². The van der Waals surface area contributed by atoms with Gasteiger partial charge in [0.1, 0.15) is 0 Å². The smallest absolute Gasteiger partial charge is 0.0807 e. The van der Waals surface area contributed by atoms with Gasteiger partial charge < -0.3 is 9.67 Å². The minimum Gasteiger partial charge on any atom is -0.388 e. The van der Waals surface area contributed by atoms with Crippen molar-refractivity contribution >= 4 is 27.5 Å². The Morgan fingerprint density at radius 1 is 1.37 bits per heavy atom. The number of hydrogen-bond acceptors (Lipinski definition) is 1. The predicted molar refractivity (Wildman–Crippen MR) is 81.1 cm³/mol.